The van der Waals surface area contributed by atoms with Crippen LogP contribution in [0.5, 0.6) is 0 Å². The third kappa shape index (κ3) is 3.93. The van der Waals surface area contributed by atoms with Crippen molar-refractivity contribution >= 4 is 22.2 Å². The van der Waals surface area contributed by atoms with E-state index in [2.05, 4.69) is 32.5 Å². The summed E-state index contributed by atoms with van der Waals surface area (Å²) in [4.78, 5) is 20.0. The van der Waals surface area contributed by atoms with Gasteiger partial charge in [0.15, 0.2) is 5.82 Å². The van der Waals surface area contributed by atoms with Gasteiger partial charge in [0, 0.05) is 18.7 Å². The molecule has 1 amide bonds. The smallest absolute Gasteiger partial charge is 0.262 e. The SMILES string of the molecule is Cc1noc(C(C)NC(=O)c2cc(-c3ccccc3)c(N3CCOCC3)s2)n1. The van der Waals surface area contributed by atoms with Crippen molar-refractivity contribution < 1.29 is 14.1 Å². The van der Waals surface area contributed by atoms with Crippen LogP contribution in [0.25, 0.3) is 11.1 Å². The molecule has 1 aliphatic rings. The Bertz CT molecular complexity index is 948. The molecule has 7 nitrogen and oxygen atoms in total. The lowest BCUT2D eigenvalue weighted by Gasteiger charge is -2.28. The maximum absolute atomic E-state index is 12.9. The molecule has 1 N–H and O–H groups in total. The minimum absolute atomic E-state index is 0.148. The monoisotopic (exact) mass is 398 g/mol. The van der Waals surface area contributed by atoms with Crippen molar-refractivity contribution in [2.75, 3.05) is 31.2 Å². The minimum atomic E-state index is -0.359. The Labute approximate surface area is 167 Å². The Kier molecular flexibility index (Phi) is 5.40. The van der Waals surface area contributed by atoms with Crippen molar-refractivity contribution in [3.8, 4) is 11.1 Å². The van der Waals surface area contributed by atoms with Gasteiger partial charge in [-0.2, -0.15) is 4.98 Å². The number of amides is 1. The van der Waals surface area contributed by atoms with Gasteiger partial charge in [0.1, 0.15) is 6.04 Å². The number of rotatable bonds is 5. The molecule has 1 fully saturated rings. The highest BCUT2D eigenvalue weighted by Crippen LogP contribution is 2.39. The zero-order chi connectivity index (χ0) is 19.5. The molecule has 3 aromatic rings. The van der Waals surface area contributed by atoms with Crippen LogP contribution in [0.1, 0.15) is 34.4 Å². The van der Waals surface area contributed by atoms with Crippen molar-refractivity contribution in [1.82, 2.24) is 15.5 Å². The predicted octanol–water partition coefficient (Wildman–Crippen LogP) is 3.43. The van der Waals surface area contributed by atoms with Crippen LogP contribution in [0.15, 0.2) is 40.9 Å². The second kappa shape index (κ2) is 8.12. The van der Waals surface area contributed by atoms with Crippen LogP contribution in [0.2, 0.25) is 0 Å². The number of carbonyl (C=O) groups excluding carboxylic acids is 1. The standard InChI is InChI=1S/C20H22N4O3S/c1-13(19-22-14(2)23-27-19)21-18(25)17-12-16(15-6-4-3-5-7-15)20(28-17)24-8-10-26-11-9-24/h3-7,12-13H,8-11H2,1-2H3,(H,21,25). The Morgan fingerprint density at radius 1 is 1.25 bits per heavy atom. The quantitative estimate of drug-likeness (QED) is 0.709. The summed E-state index contributed by atoms with van der Waals surface area (Å²) in [6.45, 7) is 6.61. The van der Waals surface area contributed by atoms with Crippen LogP contribution in [-0.4, -0.2) is 42.4 Å². The Balaban J connectivity index is 1.61. The zero-order valence-electron chi connectivity index (χ0n) is 15.8. The van der Waals surface area contributed by atoms with Gasteiger partial charge in [0.2, 0.25) is 5.89 Å². The van der Waals surface area contributed by atoms with Gasteiger partial charge >= 0.3 is 0 Å². The summed E-state index contributed by atoms with van der Waals surface area (Å²) in [6, 6.07) is 11.8. The summed E-state index contributed by atoms with van der Waals surface area (Å²) in [5.74, 6) is 0.803. The number of carbonyl (C=O) groups is 1. The maximum atomic E-state index is 12.9. The number of hydrogen-bond acceptors (Lipinski definition) is 7. The highest BCUT2D eigenvalue weighted by atomic mass is 32.1. The number of benzene rings is 1. The number of anilines is 1. The van der Waals surface area contributed by atoms with Crippen LogP contribution in [-0.2, 0) is 4.74 Å². The molecule has 0 aliphatic carbocycles. The van der Waals surface area contributed by atoms with Crippen LogP contribution in [0.4, 0.5) is 5.00 Å². The van der Waals surface area contributed by atoms with Crippen LogP contribution in [0, 0.1) is 6.92 Å². The molecule has 1 aromatic carbocycles. The molecule has 0 saturated carbocycles. The molecule has 8 heteroatoms. The van der Waals surface area contributed by atoms with E-state index in [-0.39, 0.29) is 11.9 Å². The highest BCUT2D eigenvalue weighted by molar-refractivity contribution is 7.18. The molecule has 28 heavy (non-hydrogen) atoms. The second-order valence-electron chi connectivity index (χ2n) is 6.67. The molecule has 146 valence electrons. The van der Waals surface area contributed by atoms with Gasteiger partial charge in [-0.05, 0) is 25.5 Å². The average molecular weight is 398 g/mol. The summed E-state index contributed by atoms with van der Waals surface area (Å²) in [5, 5.41) is 7.83. The van der Waals surface area contributed by atoms with Crippen LogP contribution >= 0.6 is 11.3 Å². The van der Waals surface area contributed by atoms with Crippen molar-refractivity contribution in [3.05, 3.63) is 53.0 Å². The van der Waals surface area contributed by atoms with Gasteiger partial charge < -0.3 is 19.5 Å². The number of thiophene rings is 1. The van der Waals surface area contributed by atoms with Gasteiger partial charge in [-0.1, -0.05) is 35.5 Å². The fourth-order valence-corrected chi connectivity index (χ4v) is 4.27. The fraction of sp³-hybridized carbons (Fsp3) is 0.350. The molecule has 1 atom stereocenters. The number of aromatic nitrogens is 2. The molecule has 0 spiro atoms. The molecule has 0 bridgehead atoms. The lowest BCUT2D eigenvalue weighted by molar-refractivity contribution is 0.0936. The van der Waals surface area contributed by atoms with E-state index in [0.29, 0.717) is 29.8 Å². The van der Waals surface area contributed by atoms with Gasteiger partial charge in [-0.3, -0.25) is 4.79 Å². The van der Waals surface area contributed by atoms with Gasteiger partial charge in [-0.15, -0.1) is 11.3 Å². The first-order valence-corrected chi connectivity index (χ1v) is 10.1. The van der Waals surface area contributed by atoms with E-state index in [1.807, 2.05) is 31.2 Å². The molecule has 2 aromatic heterocycles. The van der Waals surface area contributed by atoms with Crippen molar-refractivity contribution in [1.29, 1.82) is 0 Å². The van der Waals surface area contributed by atoms with Crippen LogP contribution in [0.3, 0.4) is 0 Å². The molecule has 3 heterocycles. The topological polar surface area (TPSA) is 80.5 Å². The zero-order valence-corrected chi connectivity index (χ0v) is 16.7. The third-order valence-electron chi connectivity index (χ3n) is 4.58. The molecule has 1 aliphatic heterocycles. The first-order chi connectivity index (χ1) is 13.6. The second-order valence-corrected chi connectivity index (χ2v) is 7.70. The van der Waals surface area contributed by atoms with E-state index < -0.39 is 0 Å². The van der Waals surface area contributed by atoms with E-state index >= 15 is 0 Å². The van der Waals surface area contributed by atoms with Gasteiger partial charge in [0.25, 0.3) is 5.91 Å². The van der Waals surface area contributed by atoms with Crippen molar-refractivity contribution in [3.63, 3.8) is 0 Å². The Morgan fingerprint density at radius 2 is 2.00 bits per heavy atom. The summed E-state index contributed by atoms with van der Waals surface area (Å²) in [6.07, 6.45) is 0. The van der Waals surface area contributed by atoms with Crippen LogP contribution < -0.4 is 10.2 Å². The van der Waals surface area contributed by atoms with E-state index in [1.165, 1.54) is 11.3 Å². The number of nitrogens with one attached hydrogen (secondary N) is 1. The number of nitrogens with zero attached hydrogens (tertiary/aromatic N) is 3. The first kappa shape index (κ1) is 18.6. The molecule has 4 rings (SSSR count). The number of morpholine rings is 1. The predicted molar refractivity (Wildman–Crippen MR) is 108 cm³/mol. The van der Waals surface area contributed by atoms with Crippen molar-refractivity contribution in [2.24, 2.45) is 0 Å². The molecule has 1 saturated heterocycles. The normalized spacial score (nSPS) is 15.4. The van der Waals surface area contributed by atoms with E-state index in [9.17, 15) is 4.79 Å². The lowest BCUT2D eigenvalue weighted by atomic mass is 10.1. The summed E-state index contributed by atoms with van der Waals surface area (Å²) < 4.78 is 10.6. The molecular formula is C20H22N4O3S. The molecule has 0 radical (unpaired) electrons. The van der Waals surface area contributed by atoms with E-state index in [0.717, 1.165) is 29.2 Å². The number of aryl methyl sites for hydroxylation is 1. The van der Waals surface area contributed by atoms with Crippen molar-refractivity contribution in [2.45, 2.75) is 19.9 Å². The number of hydrogen-bond donors (Lipinski definition) is 1. The van der Waals surface area contributed by atoms with E-state index in [4.69, 9.17) is 9.26 Å². The number of ether oxygens (including phenoxy) is 1. The van der Waals surface area contributed by atoms with Gasteiger partial charge in [0.05, 0.1) is 23.1 Å². The molecular weight excluding hydrogens is 376 g/mol. The molecule has 1 unspecified atom stereocenters. The summed E-state index contributed by atoms with van der Waals surface area (Å²) >= 11 is 1.50. The summed E-state index contributed by atoms with van der Waals surface area (Å²) in [7, 11) is 0. The first-order valence-electron chi connectivity index (χ1n) is 9.25. The maximum Gasteiger partial charge on any atom is 0.262 e. The Hall–Kier alpha value is -2.71. The minimum Gasteiger partial charge on any atom is -0.378 e. The third-order valence-corrected chi connectivity index (χ3v) is 5.78. The van der Waals surface area contributed by atoms with E-state index in [1.54, 1.807) is 6.92 Å². The highest BCUT2D eigenvalue weighted by Gasteiger charge is 2.23. The lowest BCUT2D eigenvalue weighted by Crippen LogP contribution is -2.35. The fourth-order valence-electron chi connectivity index (χ4n) is 3.14. The Morgan fingerprint density at radius 3 is 2.68 bits per heavy atom. The largest absolute Gasteiger partial charge is 0.378 e. The van der Waals surface area contributed by atoms with Gasteiger partial charge in [-0.25, -0.2) is 0 Å². The average Bonchev–Trinajstić information content (AvgIpc) is 3.36. The summed E-state index contributed by atoms with van der Waals surface area (Å²) in [5.41, 5.74) is 2.17.